The topological polar surface area (TPSA) is 81.6 Å². The molecular formula is C7H9N3O3. The monoisotopic (exact) mass is 183 g/mol. The Morgan fingerprint density at radius 3 is 2.85 bits per heavy atom. The summed E-state index contributed by atoms with van der Waals surface area (Å²) in [6, 6.07) is 5.85. The molecule has 0 aliphatic rings. The van der Waals surface area contributed by atoms with Crippen LogP contribution >= 0.6 is 0 Å². The van der Waals surface area contributed by atoms with Gasteiger partial charge in [-0.3, -0.25) is 15.0 Å². The third-order valence-corrected chi connectivity index (χ3v) is 1.49. The van der Waals surface area contributed by atoms with E-state index in [2.05, 4.69) is 4.84 Å². The van der Waals surface area contributed by atoms with Crippen LogP contribution in [0.15, 0.2) is 24.3 Å². The van der Waals surface area contributed by atoms with Crippen molar-refractivity contribution in [3.05, 3.63) is 34.4 Å². The molecule has 0 fully saturated rings. The summed E-state index contributed by atoms with van der Waals surface area (Å²) in [7, 11) is 1.37. The van der Waals surface area contributed by atoms with Gasteiger partial charge in [0, 0.05) is 12.1 Å². The molecular weight excluding hydrogens is 174 g/mol. The van der Waals surface area contributed by atoms with Crippen LogP contribution in [-0.2, 0) is 4.84 Å². The average Bonchev–Trinajstić information content (AvgIpc) is 2.17. The lowest BCUT2D eigenvalue weighted by Crippen LogP contribution is -2.29. The van der Waals surface area contributed by atoms with Gasteiger partial charge in [-0.05, 0) is 6.07 Å². The van der Waals surface area contributed by atoms with E-state index in [4.69, 9.17) is 5.84 Å². The molecule has 0 aliphatic heterocycles. The number of hydrazine groups is 1. The van der Waals surface area contributed by atoms with Crippen molar-refractivity contribution in [3.63, 3.8) is 0 Å². The number of rotatable bonds is 3. The highest BCUT2D eigenvalue weighted by Crippen LogP contribution is 2.18. The van der Waals surface area contributed by atoms with Gasteiger partial charge in [0.05, 0.1) is 17.7 Å². The maximum absolute atomic E-state index is 10.4. The molecule has 0 saturated carbocycles. The molecule has 13 heavy (non-hydrogen) atoms. The summed E-state index contributed by atoms with van der Waals surface area (Å²) in [4.78, 5) is 14.5. The third-order valence-electron chi connectivity index (χ3n) is 1.49. The van der Waals surface area contributed by atoms with Gasteiger partial charge in [0.15, 0.2) is 0 Å². The Kier molecular flexibility index (Phi) is 2.78. The predicted octanol–water partition coefficient (Wildman–Crippen LogP) is 0.836. The molecule has 0 aromatic heterocycles. The van der Waals surface area contributed by atoms with E-state index in [1.165, 1.54) is 25.3 Å². The number of hydrogen-bond donors (Lipinski definition) is 1. The molecule has 0 aliphatic carbocycles. The first-order valence-corrected chi connectivity index (χ1v) is 3.48. The standard InChI is InChI=1S/C7H9N3O3/c1-13-9(8)6-3-2-4-7(5-6)10(11)12/h2-5H,8H2,1H3. The van der Waals surface area contributed by atoms with Crippen LogP contribution < -0.4 is 11.0 Å². The van der Waals surface area contributed by atoms with Crippen molar-refractivity contribution in [1.29, 1.82) is 0 Å². The van der Waals surface area contributed by atoms with Crippen LogP contribution in [0.2, 0.25) is 0 Å². The minimum absolute atomic E-state index is 0.0231. The van der Waals surface area contributed by atoms with Crippen LogP contribution in [0.25, 0.3) is 0 Å². The highest BCUT2D eigenvalue weighted by molar-refractivity contribution is 5.50. The number of hydrogen-bond acceptors (Lipinski definition) is 5. The van der Waals surface area contributed by atoms with Crippen molar-refractivity contribution in [2.45, 2.75) is 0 Å². The third kappa shape index (κ3) is 2.14. The lowest BCUT2D eigenvalue weighted by Gasteiger charge is -2.13. The summed E-state index contributed by atoms with van der Waals surface area (Å²) in [6.45, 7) is 0. The second kappa shape index (κ2) is 3.83. The first kappa shape index (κ1) is 9.43. The summed E-state index contributed by atoms with van der Waals surface area (Å²) in [6.07, 6.45) is 0. The zero-order chi connectivity index (χ0) is 9.84. The van der Waals surface area contributed by atoms with Crippen molar-refractivity contribution in [2.24, 2.45) is 5.84 Å². The van der Waals surface area contributed by atoms with Gasteiger partial charge in [-0.15, -0.1) is 0 Å². The van der Waals surface area contributed by atoms with Gasteiger partial charge in [0.25, 0.3) is 5.69 Å². The number of nitrogens with zero attached hydrogens (tertiary/aromatic N) is 2. The zero-order valence-corrected chi connectivity index (χ0v) is 7.01. The van der Waals surface area contributed by atoms with E-state index in [1.54, 1.807) is 6.07 Å². The fourth-order valence-electron chi connectivity index (χ4n) is 0.849. The molecule has 0 amide bonds. The maximum Gasteiger partial charge on any atom is 0.271 e. The van der Waals surface area contributed by atoms with Gasteiger partial charge < -0.3 is 0 Å². The van der Waals surface area contributed by atoms with E-state index in [0.29, 0.717) is 5.69 Å². The van der Waals surface area contributed by atoms with E-state index in [9.17, 15) is 10.1 Å². The van der Waals surface area contributed by atoms with Gasteiger partial charge in [0.2, 0.25) is 0 Å². The molecule has 0 saturated heterocycles. The van der Waals surface area contributed by atoms with Crippen molar-refractivity contribution in [3.8, 4) is 0 Å². The Bertz CT molecular complexity index is 316. The Hall–Kier alpha value is -1.66. The maximum atomic E-state index is 10.4. The van der Waals surface area contributed by atoms with E-state index in [1.807, 2.05) is 0 Å². The average molecular weight is 183 g/mol. The number of nitro benzene ring substituents is 1. The van der Waals surface area contributed by atoms with E-state index in [0.717, 1.165) is 5.17 Å². The van der Waals surface area contributed by atoms with Gasteiger partial charge in [-0.1, -0.05) is 6.07 Å². The summed E-state index contributed by atoms with van der Waals surface area (Å²) in [5, 5.41) is 11.3. The second-order valence-corrected chi connectivity index (χ2v) is 2.29. The van der Waals surface area contributed by atoms with Crippen LogP contribution in [0.1, 0.15) is 0 Å². The van der Waals surface area contributed by atoms with Crippen molar-refractivity contribution in [1.82, 2.24) is 0 Å². The molecule has 6 heteroatoms. The smallest absolute Gasteiger partial charge is 0.261 e. The molecule has 0 heterocycles. The Labute approximate surface area is 74.6 Å². The van der Waals surface area contributed by atoms with Crippen LogP contribution in [0.3, 0.4) is 0 Å². The predicted molar refractivity (Wildman–Crippen MR) is 46.8 cm³/mol. The van der Waals surface area contributed by atoms with Gasteiger partial charge in [-0.2, -0.15) is 5.17 Å². The largest absolute Gasteiger partial charge is 0.271 e. The molecule has 1 aromatic carbocycles. The second-order valence-electron chi connectivity index (χ2n) is 2.29. The lowest BCUT2D eigenvalue weighted by atomic mass is 10.3. The Morgan fingerprint density at radius 1 is 1.62 bits per heavy atom. The highest BCUT2D eigenvalue weighted by atomic mass is 16.7. The van der Waals surface area contributed by atoms with Crippen molar-refractivity contribution in [2.75, 3.05) is 12.3 Å². The molecule has 6 nitrogen and oxygen atoms in total. The van der Waals surface area contributed by atoms with Crippen LogP contribution in [-0.4, -0.2) is 12.0 Å². The zero-order valence-electron chi connectivity index (χ0n) is 7.01. The molecule has 0 bridgehead atoms. The fraction of sp³-hybridized carbons (Fsp3) is 0.143. The summed E-state index contributed by atoms with van der Waals surface area (Å²) in [5.41, 5.74) is 0.404. The molecule has 0 spiro atoms. The molecule has 2 N–H and O–H groups in total. The Morgan fingerprint density at radius 2 is 2.31 bits per heavy atom. The molecule has 0 unspecified atom stereocenters. The van der Waals surface area contributed by atoms with Gasteiger partial charge in [-0.25, -0.2) is 5.84 Å². The van der Waals surface area contributed by atoms with E-state index in [-0.39, 0.29) is 5.69 Å². The van der Waals surface area contributed by atoms with Gasteiger partial charge in [0.1, 0.15) is 0 Å². The van der Waals surface area contributed by atoms with Crippen molar-refractivity contribution >= 4 is 11.4 Å². The molecule has 0 atom stereocenters. The molecule has 0 radical (unpaired) electrons. The van der Waals surface area contributed by atoms with E-state index >= 15 is 0 Å². The van der Waals surface area contributed by atoms with E-state index < -0.39 is 4.92 Å². The first-order chi connectivity index (χ1) is 6.15. The number of anilines is 1. The summed E-state index contributed by atoms with van der Waals surface area (Å²) in [5.74, 6) is 5.35. The normalized spacial score (nSPS) is 9.69. The number of nitro groups is 1. The lowest BCUT2D eigenvalue weighted by molar-refractivity contribution is -0.384. The van der Waals surface area contributed by atoms with Crippen LogP contribution in [0.4, 0.5) is 11.4 Å². The molecule has 1 aromatic rings. The van der Waals surface area contributed by atoms with Crippen LogP contribution in [0, 0.1) is 10.1 Å². The quantitative estimate of drug-likeness (QED) is 0.426. The van der Waals surface area contributed by atoms with Gasteiger partial charge >= 0.3 is 0 Å². The minimum Gasteiger partial charge on any atom is -0.261 e. The van der Waals surface area contributed by atoms with Crippen LogP contribution in [0.5, 0.6) is 0 Å². The number of benzene rings is 1. The Balaban J connectivity index is 2.98. The fourth-order valence-corrected chi connectivity index (χ4v) is 0.849. The highest BCUT2D eigenvalue weighted by Gasteiger charge is 2.07. The minimum atomic E-state index is -0.493. The van der Waals surface area contributed by atoms with Crippen molar-refractivity contribution < 1.29 is 9.76 Å². The number of nitrogens with two attached hydrogens (primary N) is 1. The first-order valence-electron chi connectivity index (χ1n) is 3.48. The molecule has 1 rings (SSSR count). The SMILES string of the molecule is CON(N)c1cccc([N+](=O)[O-])c1. The summed E-state index contributed by atoms with van der Waals surface area (Å²) >= 11 is 0. The summed E-state index contributed by atoms with van der Waals surface area (Å²) < 4.78 is 0. The number of non-ortho nitro benzene ring substituents is 1. The molecule has 70 valence electrons.